The summed E-state index contributed by atoms with van der Waals surface area (Å²) in [4.78, 5) is 28.0. The van der Waals surface area contributed by atoms with Gasteiger partial charge in [-0.15, -0.1) is 0 Å². The number of nitrogens with one attached hydrogen (secondary N) is 1. The number of benzene rings is 3. The zero-order chi connectivity index (χ0) is 22.1. The van der Waals surface area contributed by atoms with Gasteiger partial charge in [-0.2, -0.15) is 0 Å². The summed E-state index contributed by atoms with van der Waals surface area (Å²) < 4.78 is 5.18. The third-order valence-corrected chi connectivity index (χ3v) is 5.74. The van der Waals surface area contributed by atoms with E-state index in [4.69, 9.17) is 27.9 Å². The van der Waals surface area contributed by atoms with Crippen molar-refractivity contribution in [1.29, 1.82) is 0 Å². The average Bonchev–Trinajstić information content (AvgIpc) is 3.01. The first-order valence-electron chi connectivity index (χ1n) is 9.46. The Morgan fingerprint density at radius 3 is 2.19 bits per heavy atom. The Balaban J connectivity index is 1.82. The SMILES string of the molecule is COc1ccc(N2C(=O)C(Nc3cccc(Cl)c3C)=C(c3ccc(Cl)cc3)C2=O)cc1. The molecule has 1 aliphatic heterocycles. The second kappa shape index (κ2) is 8.46. The molecule has 1 heterocycles. The molecule has 1 N–H and O–H groups in total. The van der Waals surface area contributed by atoms with Crippen LogP contribution in [0.5, 0.6) is 5.75 Å². The van der Waals surface area contributed by atoms with Gasteiger partial charge in [-0.05, 0) is 66.6 Å². The van der Waals surface area contributed by atoms with Crippen LogP contribution in [0, 0.1) is 6.92 Å². The number of hydrogen-bond acceptors (Lipinski definition) is 4. The third kappa shape index (κ3) is 3.90. The van der Waals surface area contributed by atoms with E-state index in [1.165, 1.54) is 0 Å². The fourth-order valence-electron chi connectivity index (χ4n) is 3.37. The lowest BCUT2D eigenvalue weighted by molar-refractivity contribution is -0.120. The maximum absolute atomic E-state index is 13.4. The summed E-state index contributed by atoms with van der Waals surface area (Å²) in [5, 5.41) is 4.23. The lowest BCUT2D eigenvalue weighted by atomic mass is 10.0. The zero-order valence-electron chi connectivity index (χ0n) is 16.8. The van der Waals surface area contributed by atoms with E-state index >= 15 is 0 Å². The Kier molecular flexibility index (Phi) is 5.72. The molecule has 3 aromatic rings. The predicted molar refractivity (Wildman–Crippen MR) is 124 cm³/mol. The summed E-state index contributed by atoms with van der Waals surface area (Å²) in [7, 11) is 1.55. The fourth-order valence-corrected chi connectivity index (χ4v) is 3.67. The Morgan fingerprint density at radius 2 is 1.55 bits per heavy atom. The minimum absolute atomic E-state index is 0.175. The highest BCUT2D eigenvalue weighted by Crippen LogP contribution is 2.35. The van der Waals surface area contributed by atoms with Crippen LogP contribution in [0.15, 0.2) is 72.4 Å². The first-order valence-corrected chi connectivity index (χ1v) is 10.2. The van der Waals surface area contributed by atoms with Crippen molar-refractivity contribution < 1.29 is 14.3 Å². The van der Waals surface area contributed by atoms with Crippen LogP contribution in [-0.2, 0) is 9.59 Å². The molecule has 156 valence electrons. The fraction of sp³-hybridized carbons (Fsp3) is 0.0833. The molecule has 0 spiro atoms. The van der Waals surface area contributed by atoms with Gasteiger partial charge in [0.15, 0.2) is 0 Å². The van der Waals surface area contributed by atoms with Crippen molar-refractivity contribution in [3.05, 3.63) is 93.6 Å². The van der Waals surface area contributed by atoms with Crippen LogP contribution >= 0.6 is 23.2 Å². The van der Waals surface area contributed by atoms with Crippen molar-refractivity contribution in [3.8, 4) is 5.75 Å². The van der Waals surface area contributed by atoms with Crippen molar-refractivity contribution in [3.63, 3.8) is 0 Å². The molecule has 0 radical (unpaired) electrons. The molecule has 2 amide bonds. The van der Waals surface area contributed by atoms with Gasteiger partial charge in [0.05, 0.1) is 18.4 Å². The number of amides is 2. The summed E-state index contributed by atoms with van der Waals surface area (Å²) >= 11 is 12.3. The number of hydrogen-bond donors (Lipinski definition) is 1. The van der Waals surface area contributed by atoms with Crippen molar-refractivity contribution in [2.24, 2.45) is 0 Å². The molecule has 0 saturated carbocycles. The van der Waals surface area contributed by atoms with E-state index in [1.807, 2.05) is 13.0 Å². The monoisotopic (exact) mass is 452 g/mol. The molecule has 0 fully saturated rings. The summed E-state index contributed by atoms with van der Waals surface area (Å²) in [5.74, 6) is -0.263. The van der Waals surface area contributed by atoms with E-state index in [9.17, 15) is 9.59 Å². The van der Waals surface area contributed by atoms with E-state index in [0.717, 1.165) is 10.5 Å². The van der Waals surface area contributed by atoms with Gasteiger partial charge in [0.2, 0.25) is 0 Å². The molecule has 5 nitrogen and oxygen atoms in total. The number of ether oxygens (including phenoxy) is 1. The number of nitrogens with zero attached hydrogens (tertiary/aromatic N) is 1. The molecule has 7 heteroatoms. The van der Waals surface area contributed by atoms with Crippen LogP contribution < -0.4 is 15.0 Å². The maximum atomic E-state index is 13.4. The molecule has 0 bridgehead atoms. The Hall–Kier alpha value is -3.28. The number of anilines is 2. The highest BCUT2D eigenvalue weighted by molar-refractivity contribution is 6.46. The van der Waals surface area contributed by atoms with Gasteiger partial charge >= 0.3 is 0 Å². The van der Waals surface area contributed by atoms with Gasteiger partial charge in [-0.1, -0.05) is 41.4 Å². The Labute approximate surface area is 189 Å². The summed E-state index contributed by atoms with van der Waals surface area (Å²) in [6.07, 6.45) is 0. The summed E-state index contributed by atoms with van der Waals surface area (Å²) in [6, 6.07) is 18.9. The number of carbonyl (C=O) groups is 2. The second-order valence-corrected chi connectivity index (χ2v) is 7.78. The molecule has 31 heavy (non-hydrogen) atoms. The molecular weight excluding hydrogens is 435 g/mol. The molecule has 0 saturated heterocycles. The minimum atomic E-state index is -0.459. The van der Waals surface area contributed by atoms with Crippen molar-refractivity contribution in [1.82, 2.24) is 0 Å². The number of imide groups is 1. The quantitative estimate of drug-likeness (QED) is 0.503. The van der Waals surface area contributed by atoms with Gasteiger partial charge in [-0.25, -0.2) is 4.90 Å². The summed E-state index contributed by atoms with van der Waals surface area (Å²) in [5.41, 5.74) is 2.88. The maximum Gasteiger partial charge on any atom is 0.282 e. The number of rotatable bonds is 5. The Morgan fingerprint density at radius 1 is 0.871 bits per heavy atom. The van der Waals surface area contributed by atoms with E-state index in [-0.39, 0.29) is 11.3 Å². The zero-order valence-corrected chi connectivity index (χ0v) is 18.3. The van der Waals surface area contributed by atoms with E-state index in [1.54, 1.807) is 67.8 Å². The van der Waals surface area contributed by atoms with Gasteiger partial charge < -0.3 is 10.1 Å². The molecule has 0 unspecified atom stereocenters. The van der Waals surface area contributed by atoms with E-state index in [0.29, 0.717) is 32.7 Å². The van der Waals surface area contributed by atoms with Crippen molar-refractivity contribution in [2.45, 2.75) is 6.92 Å². The summed E-state index contributed by atoms with van der Waals surface area (Å²) in [6.45, 7) is 1.84. The van der Waals surface area contributed by atoms with Crippen LogP contribution in [-0.4, -0.2) is 18.9 Å². The lowest BCUT2D eigenvalue weighted by Gasteiger charge is -2.16. The molecule has 4 rings (SSSR count). The highest BCUT2D eigenvalue weighted by atomic mass is 35.5. The smallest absolute Gasteiger partial charge is 0.282 e. The van der Waals surface area contributed by atoms with Gasteiger partial charge in [0.25, 0.3) is 11.8 Å². The van der Waals surface area contributed by atoms with Gasteiger partial charge in [-0.3, -0.25) is 9.59 Å². The van der Waals surface area contributed by atoms with Crippen molar-refractivity contribution >= 4 is 52.0 Å². The van der Waals surface area contributed by atoms with Gasteiger partial charge in [0.1, 0.15) is 11.4 Å². The van der Waals surface area contributed by atoms with Crippen LogP contribution in [0.3, 0.4) is 0 Å². The van der Waals surface area contributed by atoms with Crippen LogP contribution in [0.4, 0.5) is 11.4 Å². The van der Waals surface area contributed by atoms with Crippen LogP contribution in [0.1, 0.15) is 11.1 Å². The largest absolute Gasteiger partial charge is 0.497 e. The van der Waals surface area contributed by atoms with E-state index in [2.05, 4.69) is 5.32 Å². The van der Waals surface area contributed by atoms with Crippen molar-refractivity contribution in [2.75, 3.05) is 17.3 Å². The average molecular weight is 453 g/mol. The normalized spacial score (nSPS) is 13.7. The molecule has 0 aliphatic carbocycles. The number of halogens is 2. The number of methoxy groups -OCH3 is 1. The standard InChI is InChI=1S/C24H18Cl2N2O3/c1-14-19(26)4-3-5-20(14)27-22-21(15-6-8-16(25)9-7-15)23(29)28(24(22)30)17-10-12-18(31-2)13-11-17/h3-13,27H,1-2H3. The first-order chi connectivity index (χ1) is 14.9. The number of carbonyl (C=O) groups excluding carboxylic acids is 2. The molecule has 1 aliphatic rings. The molecular formula is C24H18Cl2N2O3. The molecule has 0 aromatic heterocycles. The minimum Gasteiger partial charge on any atom is -0.497 e. The highest BCUT2D eigenvalue weighted by Gasteiger charge is 2.40. The predicted octanol–water partition coefficient (Wildman–Crippen LogP) is 5.71. The lowest BCUT2D eigenvalue weighted by Crippen LogP contribution is -2.32. The molecule has 0 atom stereocenters. The second-order valence-electron chi connectivity index (χ2n) is 6.94. The van der Waals surface area contributed by atoms with E-state index < -0.39 is 11.8 Å². The van der Waals surface area contributed by atoms with Crippen LogP contribution in [0.25, 0.3) is 5.57 Å². The Bertz CT molecular complexity index is 1200. The molecule has 3 aromatic carbocycles. The first kappa shape index (κ1) is 21.0. The third-order valence-electron chi connectivity index (χ3n) is 5.07. The van der Waals surface area contributed by atoms with Crippen LogP contribution in [0.2, 0.25) is 10.0 Å². The van der Waals surface area contributed by atoms with Gasteiger partial charge in [0, 0.05) is 15.7 Å². The topological polar surface area (TPSA) is 58.6 Å².